The molecular weight excluding hydrogens is 224 g/mol. The first kappa shape index (κ1) is 13.0. The Morgan fingerprint density at radius 2 is 2.28 bits per heavy atom. The molecule has 0 aromatic carbocycles. The number of hydrogen-bond acceptors (Lipinski definition) is 4. The van der Waals surface area contributed by atoms with Crippen LogP contribution in [0.15, 0.2) is 18.3 Å². The zero-order chi connectivity index (χ0) is 12.8. The van der Waals surface area contributed by atoms with Crippen LogP contribution in [0.1, 0.15) is 24.1 Å². The van der Waals surface area contributed by atoms with Crippen LogP contribution in [-0.4, -0.2) is 36.6 Å². The van der Waals surface area contributed by atoms with Crippen LogP contribution < -0.4 is 5.32 Å². The molecule has 1 saturated heterocycles. The van der Waals surface area contributed by atoms with Crippen LogP contribution in [0.2, 0.25) is 0 Å². The highest BCUT2D eigenvalue weighted by molar-refractivity contribution is 5.30. The quantitative estimate of drug-likeness (QED) is 0.869. The van der Waals surface area contributed by atoms with Crippen molar-refractivity contribution in [1.82, 2.24) is 15.2 Å². The first-order chi connectivity index (χ1) is 8.79. The number of pyridine rings is 1. The third-order valence-corrected chi connectivity index (χ3v) is 3.58. The third-order valence-electron chi connectivity index (χ3n) is 3.58. The molecule has 2 heterocycles. The van der Waals surface area contributed by atoms with Gasteiger partial charge in [-0.25, -0.2) is 4.98 Å². The molecule has 0 amide bonds. The summed E-state index contributed by atoms with van der Waals surface area (Å²) in [5.41, 5.74) is 1.53. The molecule has 0 saturated carbocycles. The van der Waals surface area contributed by atoms with E-state index in [9.17, 15) is 0 Å². The van der Waals surface area contributed by atoms with E-state index in [1.54, 1.807) is 6.20 Å². The maximum atomic E-state index is 8.95. The highest BCUT2D eigenvalue weighted by Crippen LogP contribution is 2.15. The van der Waals surface area contributed by atoms with Crippen molar-refractivity contribution in [1.29, 1.82) is 5.26 Å². The zero-order valence-electron chi connectivity index (χ0n) is 10.9. The summed E-state index contributed by atoms with van der Waals surface area (Å²) in [5.74, 6) is 0.767. The Morgan fingerprint density at radius 1 is 1.50 bits per heavy atom. The maximum Gasteiger partial charge on any atom is 0.144 e. The van der Waals surface area contributed by atoms with Crippen molar-refractivity contribution in [2.24, 2.45) is 5.92 Å². The molecule has 1 aliphatic heterocycles. The summed E-state index contributed by atoms with van der Waals surface area (Å²) < 4.78 is 0. The average molecular weight is 244 g/mol. The van der Waals surface area contributed by atoms with Gasteiger partial charge in [-0.15, -0.1) is 0 Å². The van der Waals surface area contributed by atoms with Crippen LogP contribution in [0.4, 0.5) is 0 Å². The topological polar surface area (TPSA) is 52.0 Å². The maximum absolute atomic E-state index is 8.95. The molecule has 0 spiro atoms. The summed E-state index contributed by atoms with van der Waals surface area (Å²) >= 11 is 0. The first-order valence-corrected chi connectivity index (χ1v) is 6.53. The molecule has 0 bridgehead atoms. The van der Waals surface area contributed by atoms with Crippen LogP contribution in [-0.2, 0) is 6.54 Å². The molecule has 0 radical (unpaired) electrons. The Bertz CT molecular complexity index is 416. The van der Waals surface area contributed by atoms with Gasteiger partial charge >= 0.3 is 0 Å². The van der Waals surface area contributed by atoms with Crippen LogP contribution in [0.5, 0.6) is 0 Å². The Kier molecular flexibility index (Phi) is 4.68. The Morgan fingerprint density at radius 3 is 3.00 bits per heavy atom. The van der Waals surface area contributed by atoms with Gasteiger partial charge in [-0.05, 0) is 51.5 Å². The molecule has 4 nitrogen and oxygen atoms in total. The molecule has 2 rings (SSSR count). The van der Waals surface area contributed by atoms with E-state index in [1.165, 1.54) is 25.9 Å². The summed E-state index contributed by atoms with van der Waals surface area (Å²) in [6.45, 7) is 4.17. The second-order valence-electron chi connectivity index (χ2n) is 5.00. The minimum atomic E-state index is 0.536. The molecule has 18 heavy (non-hydrogen) atoms. The summed E-state index contributed by atoms with van der Waals surface area (Å²) in [7, 11) is 2.18. The number of nitriles is 1. The number of nitrogens with one attached hydrogen (secondary N) is 1. The van der Waals surface area contributed by atoms with E-state index < -0.39 is 0 Å². The normalized spacial score (nSPS) is 17.6. The van der Waals surface area contributed by atoms with Gasteiger partial charge < -0.3 is 10.2 Å². The summed E-state index contributed by atoms with van der Waals surface area (Å²) in [6, 6.07) is 5.98. The second kappa shape index (κ2) is 6.48. The van der Waals surface area contributed by atoms with E-state index in [2.05, 4.69) is 28.3 Å². The molecule has 1 aromatic heterocycles. The zero-order valence-corrected chi connectivity index (χ0v) is 10.9. The van der Waals surface area contributed by atoms with Gasteiger partial charge in [-0.3, -0.25) is 0 Å². The Labute approximate surface area is 109 Å². The van der Waals surface area contributed by atoms with Gasteiger partial charge in [0.1, 0.15) is 11.8 Å². The van der Waals surface area contributed by atoms with Gasteiger partial charge in [0.05, 0.1) is 0 Å². The number of hydrogen-bond donors (Lipinski definition) is 1. The second-order valence-corrected chi connectivity index (χ2v) is 5.00. The van der Waals surface area contributed by atoms with Crippen LogP contribution in [0.3, 0.4) is 0 Å². The smallest absolute Gasteiger partial charge is 0.144 e. The predicted octanol–water partition coefficient (Wildman–Crippen LogP) is 1.38. The van der Waals surface area contributed by atoms with Crippen LogP contribution in [0, 0.1) is 17.2 Å². The molecule has 1 fully saturated rings. The van der Waals surface area contributed by atoms with Crippen molar-refractivity contribution in [2.75, 3.05) is 26.7 Å². The lowest BCUT2D eigenvalue weighted by Crippen LogP contribution is -2.34. The van der Waals surface area contributed by atoms with Crippen LogP contribution in [0.25, 0.3) is 0 Å². The first-order valence-electron chi connectivity index (χ1n) is 6.53. The van der Waals surface area contributed by atoms with Crippen molar-refractivity contribution >= 4 is 0 Å². The van der Waals surface area contributed by atoms with Gasteiger partial charge in [0.2, 0.25) is 0 Å². The third kappa shape index (κ3) is 3.52. The molecule has 1 N–H and O–H groups in total. The van der Waals surface area contributed by atoms with Gasteiger partial charge in [0.25, 0.3) is 0 Å². The number of nitrogens with zero attached hydrogens (tertiary/aromatic N) is 3. The molecule has 1 aromatic rings. The minimum absolute atomic E-state index is 0.536. The van der Waals surface area contributed by atoms with Gasteiger partial charge in [-0.2, -0.15) is 5.26 Å². The molecule has 0 atom stereocenters. The molecular formula is C14H20N4. The fraction of sp³-hybridized carbons (Fsp3) is 0.571. The van der Waals surface area contributed by atoms with Crippen molar-refractivity contribution in [2.45, 2.75) is 19.4 Å². The highest BCUT2D eigenvalue weighted by atomic mass is 15.1. The van der Waals surface area contributed by atoms with Gasteiger partial charge in [0, 0.05) is 18.3 Å². The number of piperidine rings is 1. The van der Waals surface area contributed by atoms with Gasteiger partial charge in [-0.1, -0.05) is 6.07 Å². The Balaban J connectivity index is 1.77. The molecule has 0 aliphatic carbocycles. The lowest BCUT2D eigenvalue weighted by Gasteiger charge is -2.29. The molecule has 0 unspecified atom stereocenters. The van der Waals surface area contributed by atoms with E-state index in [1.807, 2.05) is 12.1 Å². The fourth-order valence-electron chi connectivity index (χ4n) is 2.36. The number of rotatable bonds is 4. The lowest BCUT2D eigenvalue weighted by molar-refractivity contribution is 0.216. The van der Waals surface area contributed by atoms with E-state index in [-0.39, 0.29) is 0 Å². The summed E-state index contributed by atoms with van der Waals surface area (Å²) in [5, 5.41) is 12.4. The van der Waals surface area contributed by atoms with Crippen molar-refractivity contribution in [3.63, 3.8) is 0 Å². The predicted molar refractivity (Wildman–Crippen MR) is 70.9 cm³/mol. The van der Waals surface area contributed by atoms with Crippen molar-refractivity contribution in [3.05, 3.63) is 29.6 Å². The Hall–Kier alpha value is -1.44. The van der Waals surface area contributed by atoms with E-state index >= 15 is 0 Å². The van der Waals surface area contributed by atoms with Gasteiger partial charge in [0.15, 0.2) is 0 Å². The monoisotopic (exact) mass is 244 g/mol. The standard InChI is InChI=1S/C14H20N4/c1-18-7-4-12(5-8-18)10-16-11-13-3-2-6-17-14(13)9-15/h2-3,6,12,16H,4-5,7-8,10-11H2,1H3. The largest absolute Gasteiger partial charge is 0.312 e. The van der Waals surface area contributed by atoms with E-state index in [0.717, 1.165) is 24.6 Å². The molecule has 4 heteroatoms. The average Bonchev–Trinajstić information content (AvgIpc) is 2.41. The van der Waals surface area contributed by atoms with E-state index in [0.29, 0.717) is 5.69 Å². The summed E-state index contributed by atoms with van der Waals surface area (Å²) in [6.07, 6.45) is 4.20. The SMILES string of the molecule is CN1CCC(CNCc2cccnc2C#N)CC1. The van der Waals surface area contributed by atoms with E-state index in [4.69, 9.17) is 5.26 Å². The molecule has 1 aliphatic rings. The minimum Gasteiger partial charge on any atom is -0.312 e. The summed E-state index contributed by atoms with van der Waals surface area (Å²) in [4.78, 5) is 6.45. The fourth-order valence-corrected chi connectivity index (χ4v) is 2.36. The van der Waals surface area contributed by atoms with Crippen molar-refractivity contribution in [3.8, 4) is 6.07 Å². The van der Waals surface area contributed by atoms with Crippen LogP contribution >= 0.6 is 0 Å². The highest BCUT2D eigenvalue weighted by Gasteiger charge is 2.16. The lowest BCUT2D eigenvalue weighted by atomic mass is 9.97. The van der Waals surface area contributed by atoms with Crippen molar-refractivity contribution < 1.29 is 0 Å². The molecule has 96 valence electrons. The number of aromatic nitrogens is 1. The number of likely N-dealkylation sites (tertiary alicyclic amines) is 1.